The molecule has 0 fully saturated rings. The van der Waals surface area contributed by atoms with Gasteiger partial charge in [0.25, 0.3) is 0 Å². The quantitative estimate of drug-likeness (QED) is 0.851. The van der Waals surface area contributed by atoms with Crippen LogP contribution in [-0.2, 0) is 11.3 Å². The third kappa shape index (κ3) is 4.29. The van der Waals surface area contributed by atoms with E-state index in [2.05, 4.69) is 10.3 Å². The lowest BCUT2D eigenvalue weighted by atomic mass is 10.1. The minimum Gasteiger partial charge on any atom is -0.444 e. The van der Waals surface area contributed by atoms with Crippen molar-refractivity contribution in [2.24, 2.45) is 0 Å². The van der Waals surface area contributed by atoms with Gasteiger partial charge in [-0.1, -0.05) is 13.0 Å². The number of hydrogen-bond acceptors (Lipinski definition) is 3. The Morgan fingerprint density at radius 1 is 1.56 bits per heavy atom. The number of aromatic nitrogens is 1. The van der Waals surface area contributed by atoms with Crippen LogP contribution in [0.15, 0.2) is 24.5 Å². The Hall–Kier alpha value is -1.58. The first-order valence-corrected chi connectivity index (χ1v) is 5.39. The standard InChI is InChI=1S/C12H18N2O2/c1-4-12(2,3)16-11(15)14-9-10-6-5-7-13-8-10/h5-8H,4,9H2,1-3H3,(H,14,15). The fraction of sp³-hybridized carbons (Fsp3) is 0.500. The Bertz CT molecular complexity index is 336. The van der Waals surface area contributed by atoms with Gasteiger partial charge in [0.15, 0.2) is 0 Å². The lowest BCUT2D eigenvalue weighted by Gasteiger charge is -2.23. The molecule has 0 aliphatic carbocycles. The van der Waals surface area contributed by atoms with Gasteiger partial charge in [-0.05, 0) is 31.9 Å². The van der Waals surface area contributed by atoms with Crippen molar-refractivity contribution in [2.75, 3.05) is 0 Å². The highest BCUT2D eigenvalue weighted by atomic mass is 16.6. The summed E-state index contributed by atoms with van der Waals surface area (Å²) in [6.07, 6.45) is 3.80. The van der Waals surface area contributed by atoms with Crippen LogP contribution in [0.25, 0.3) is 0 Å². The second-order valence-corrected chi connectivity index (χ2v) is 4.22. The van der Waals surface area contributed by atoms with Gasteiger partial charge in [-0.15, -0.1) is 0 Å². The van der Waals surface area contributed by atoms with Gasteiger partial charge in [0.05, 0.1) is 0 Å². The zero-order valence-corrected chi connectivity index (χ0v) is 9.99. The summed E-state index contributed by atoms with van der Waals surface area (Å²) >= 11 is 0. The van der Waals surface area contributed by atoms with E-state index in [9.17, 15) is 4.79 Å². The molecule has 0 spiro atoms. The molecule has 0 bridgehead atoms. The van der Waals surface area contributed by atoms with Crippen molar-refractivity contribution in [3.63, 3.8) is 0 Å². The zero-order chi connectivity index (χ0) is 12.0. The van der Waals surface area contributed by atoms with Crippen molar-refractivity contribution >= 4 is 6.09 Å². The third-order valence-electron chi connectivity index (χ3n) is 2.38. The summed E-state index contributed by atoms with van der Waals surface area (Å²) in [7, 11) is 0. The van der Waals surface area contributed by atoms with E-state index in [-0.39, 0.29) is 0 Å². The first-order chi connectivity index (χ1) is 7.53. The lowest BCUT2D eigenvalue weighted by molar-refractivity contribution is 0.0360. The molecule has 88 valence electrons. The van der Waals surface area contributed by atoms with Gasteiger partial charge in [-0.25, -0.2) is 4.79 Å². The van der Waals surface area contributed by atoms with Crippen LogP contribution in [0.3, 0.4) is 0 Å². The van der Waals surface area contributed by atoms with Crippen LogP contribution in [0.4, 0.5) is 4.79 Å². The summed E-state index contributed by atoms with van der Waals surface area (Å²) in [5, 5.41) is 2.69. The Labute approximate surface area is 96.0 Å². The molecule has 0 unspecified atom stereocenters. The van der Waals surface area contributed by atoms with E-state index < -0.39 is 11.7 Å². The molecule has 0 aliphatic rings. The molecule has 0 aromatic carbocycles. The largest absolute Gasteiger partial charge is 0.444 e. The summed E-state index contributed by atoms with van der Waals surface area (Å²) in [5.41, 5.74) is 0.535. The van der Waals surface area contributed by atoms with E-state index in [1.54, 1.807) is 12.4 Å². The SMILES string of the molecule is CCC(C)(C)OC(=O)NCc1cccnc1. The van der Waals surface area contributed by atoms with Crippen LogP contribution in [0.5, 0.6) is 0 Å². The lowest BCUT2D eigenvalue weighted by Crippen LogP contribution is -2.33. The molecule has 1 aromatic rings. The number of hydrogen-bond donors (Lipinski definition) is 1. The zero-order valence-electron chi connectivity index (χ0n) is 9.99. The summed E-state index contributed by atoms with van der Waals surface area (Å²) in [4.78, 5) is 15.4. The van der Waals surface area contributed by atoms with Crippen molar-refractivity contribution in [3.8, 4) is 0 Å². The van der Waals surface area contributed by atoms with Gasteiger partial charge < -0.3 is 10.1 Å². The molecule has 0 saturated carbocycles. The first kappa shape index (κ1) is 12.5. The van der Waals surface area contributed by atoms with Gasteiger partial charge in [0, 0.05) is 18.9 Å². The molecule has 0 radical (unpaired) electrons. The number of nitrogens with zero attached hydrogens (tertiary/aromatic N) is 1. The Kier molecular flexibility index (Phi) is 4.28. The van der Waals surface area contributed by atoms with Crippen molar-refractivity contribution in [2.45, 2.75) is 39.3 Å². The normalized spacial score (nSPS) is 10.9. The van der Waals surface area contributed by atoms with Crippen LogP contribution in [0.1, 0.15) is 32.8 Å². The maximum absolute atomic E-state index is 11.4. The van der Waals surface area contributed by atoms with Gasteiger partial charge in [-0.3, -0.25) is 4.98 Å². The number of ether oxygens (including phenoxy) is 1. The predicted molar refractivity (Wildman–Crippen MR) is 61.9 cm³/mol. The van der Waals surface area contributed by atoms with Crippen LogP contribution < -0.4 is 5.32 Å². The average molecular weight is 222 g/mol. The summed E-state index contributed by atoms with van der Waals surface area (Å²) in [6.45, 7) is 6.19. The van der Waals surface area contributed by atoms with Crippen LogP contribution in [0.2, 0.25) is 0 Å². The van der Waals surface area contributed by atoms with Crippen LogP contribution >= 0.6 is 0 Å². The molecule has 1 aromatic heterocycles. The minimum absolute atomic E-state index is 0.393. The monoisotopic (exact) mass is 222 g/mol. The van der Waals surface area contributed by atoms with Gasteiger partial charge in [0.2, 0.25) is 0 Å². The molecular formula is C12H18N2O2. The smallest absolute Gasteiger partial charge is 0.407 e. The number of carbonyl (C=O) groups excluding carboxylic acids is 1. The molecule has 1 heterocycles. The number of rotatable bonds is 4. The molecule has 16 heavy (non-hydrogen) atoms. The average Bonchev–Trinajstić information content (AvgIpc) is 2.27. The summed E-state index contributed by atoms with van der Waals surface area (Å²) in [5.74, 6) is 0. The molecule has 0 atom stereocenters. The molecule has 1 N–H and O–H groups in total. The molecule has 1 rings (SSSR count). The summed E-state index contributed by atoms with van der Waals surface area (Å²) < 4.78 is 5.24. The predicted octanol–water partition coefficient (Wildman–Crippen LogP) is 2.50. The Morgan fingerprint density at radius 3 is 2.88 bits per heavy atom. The molecule has 4 heteroatoms. The number of alkyl carbamates (subject to hydrolysis) is 1. The fourth-order valence-electron chi connectivity index (χ4n) is 1.04. The number of amides is 1. The van der Waals surface area contributed by atoms with Gasteiger partial charge >= 0.3 is 6.09 Å². The second-order valence-electron chi connectivity index (χ2n) is 4.22. The Morgan fingerprint density at radius 2 is 2.31 bits per heavy atom. The third-order valence-corrected chi connectivity index (χ3v) is 2.38. The van der Waals surface area contributed by atoms with Gasteiger partial charge in [0.1, 0.15) is 5.60 Å². The van der Waals surface area contributed by atoms with E-state index in [1.165, 1.54) is 0 Å². The maximum atomic E-state index is 11.4. The molecule has 0 saturated heterocycles. The van der Waals surface area contributed by atoms with Crippen molar-refractivity contribution in [1.82, 2.24) is 10.3 Å². The van der Waals surface area contributed by atoms with Crippen molar-refractivity contribution in [3.05, 3.63) is 30.1 Å². The number of carbonyl (C=O) groups is 1. The second kappa shape index (κ2) is 5.49. The van der Waals surface area contributed by atoms with Crippen LogP contribution in [0, 0.1) is 0 Å². The van der Waals surface area contributed by atoms with Crippen molar-refractivity contribution in [1.29, 1.82) is 0 Å². The van der Waals surface area contributed by atoms with E-state index >= 15 is 0 Å². The molecular weight excluding hydrogens is 204 g/mol. The number of pyridine rings is 1. The molecule has 0 aliphatic heterocycles. The van der Waals surface area contributed by atoms with E-state index in [0.29, 0.717) is 6.54 Å². The number of nitrogens with one attached hydrogen (secondary N) is 1. The minimum atomic E-state index is -0.418. The Balaban J connectivity index is 2.36. The molecule has 4 nitrogen and oxygen atoms in total. The molecule has 1 amide bonds. The fourth-order valence-corrected chi connectivity index (χ4v) is 1.04. The van der Waals surface area contributed by atoms with Crippen LogP contribution in [-0.4, -0.2) is 16.7 Å². The highest BCUT2D eigenvalue weighted by molar-refractivity contribution is 5.67. The van der Waals surface area contributed by atoms with Crippen molar-refractivity contribution < 1.29 is 9.53 Å². The van der Waals surface area contributed by atoms with E-state index in [0.717, 1.165) is 12.0 Å². The van der Waals surface area contributed by atoms with Gasteiger partial charge in [-0.2, -0.15) is 0 Å². The highest BCUT2D eigenvalue weighted by Crippen LogP contribution is 2.13. The van der Waals surface area contributed by atoms with E-state index in [1.807, 2.05) is 32.9 Å². The summed E-state index contributed by atoms with van der Waals surface area (Å²) in [6, 6.07) is 3.73. The highest BCUT2D eigenvalue weighted by Gasteiger charge is 2.19. The van der Waals surface area contributed by atoms with E-state index in [4.69, 9.17) is 4.74 Å². The topological polar surface area (TPSA) is 51.2 Å². The maximum Gasteiger partial charge on any atom is 0.407 e. The first-order valence-electron chi connectivity index (χ1n) is 5.39.